The Labute approximate surface area is 802 Å². The zero-order chi connectivity index (χ0) is 97.3. The van der Waals surface area contributed by atoms with Gasteiger partial charge in [-0.2, -0.15) is 30.6 Å². The maximum absolute atomic E-state index is 11.1. The average Bonchev–Trinajstić information content (AvgIpc) is 1.75. The fourth-order valence-corrected chi connectivity index (χ4v) is 15.3. The third-order valence-corrected chi connectivity index (χ3v) is 23.2. The van der Waals surface area contributed by atoms with Crippen molar-refractivity contribution in [3.63, 3.8) is 0 Å². The molecule has 0 spiro atoms. The predicted octanol–water partition coefficient (Wildman–Crippen LogP) is 24.6. The number of ether oxygens (including phenoxy) is 1. The SMILES string of the molecule is COc1ccc(-c2nn(-c3cccc(C(=O)O)c3)cc2C)cc1.Cc1cc(-c2ccc(-c3ccn(-c4ccc(C(=O)O)cc4)n3)o2)ccc1Cl.Cc1ccc(-c2ccn(-c3ccc(C(=O)O)cc3)n2)o1.Cc1ccc(-c2ccn(-c3ccc(C(=O)O)cc3)n2)s1.O=C(O)c1ccc(-n2ccc(-c3cc4ccccc4o3)n2)cc1.O=C(O)c1ccc(-n2ccc(-c3ccc(-c4ccccc4)cc3)n2)cc1. The molecule has 688 valence electrons. The number of methoxy groups -OCH3 is 1. The van der Waals surface area contributed by atoms with Crippen molar-refractivity contribution in [1.82, 2.24) is 58.7 Å². The van der Waals surface area contributed by atoms with Crippen molar-refractivity contribution in [1.29, 1.82) is 0 Å². The minimum Gasteiger partial charge on any atom is -0.497 e. The number of aromatic nitrogens is 12. The van der Waals surface area contributed by atoms with Crippen molar-refractivity contribution in [2.24, 2.45) is 0 Å². The smallest absolute Gasteiger partial charge is 0.335 e. The predicted molar refractivity (Wildman–Crippen MR) is 529 cm³/mol. The molecule has 11 aromatic carbocycles. The summed E-state index contributed by atoms with van der Waals surface area (Å²) in [5.41, 5.74) is 19.2. The molecule has 0 fully saturated rings. The second kappa shape index (κ2) is 42.5. The van der Waals surface area contributed by atoms with Crippen LogP contribution in [0.15, 0.2) is 390 Å². The minimum atomic E-state index is -0.955. The molecule has 0 amide bonds. The summed E-state index contributed by atoms with van der Waals surface area (Å²) in [6.45, 7) is 7.87. The first-order valence-corrected chi connectivity index (χ1v) is 44.1. The van der Waals surface area contributed by atoms with Crippen LogP contribution in [-0.4, -0.2) is 132 Å². The number of benzene rings is 11. The lowest BCUT2D eigenvalue weighted by atomic mass is 10.0. The second-order valence-corrected chi connectivity index (χ2v) is 32.9. The zero-order valence-corrected chi connectivity index (χ0v) is 76.3. The van der Waals surface area contributed by atoms with E-state index >= 15 is 0 Å². The van der Waals surface area contributed by atoms with E-state index in [1.54, 1.807) is 192 Å². The van der Waals surface area contributed by atoms with E-state index in [1.165, 1.54) is 10.4 Å². The number of nitrogens with zero attached hydrogens (tertiary/aromatic N) is 12. The monoisotopic (exact) mass is 1880 g/mol. The fraction of sp³-hybridized carbons (Fsp3) is 0.0459. The third kappa shape index (κ3) is 23.0. The molecule has 0 aliphatic rings. The number of furan rings is 3. The molecule has 0 atom stereocenters. The van der Waals surface area contributed by atoms with Gasteiger partial charge in [0.15, 0.2) is 17.3 Å². The molecule has 10 heterocycles. The van der Waals surface area contributed by atoms with Gasteiger partial charge < -0.3 is 48.6 Å². The van der Waals surface area contributed by atoms with Crippen molar-refractivity contribution in [3.8, 4) is 130 Å². The molecule has 21 aromatic rings. The molecule has 0 saturated carbocycles. The van der Waals surface area contributed by atoms with Crippen molar-refractivity contribution in [2.45, 2.75) is 27.7 Å². The number of hydrogen-bond donors (Lipinski definition) is 6. The Morgan fingerprint density at radius 2 is 0.712 bits per heavy atom. The van der Waals surface area contributed by atoms with Crippen LogP contribution in [0.3, 0.4) is 0 Å². The Kier molecular flexibility index (Phi) is 28.6. The highest BCUT2D eigenvalue weighted by atomic mass is 35.5. The Morgan fingerprint density at radius 3 is 1.17 bits per heavy atom. The van der Waals surface area contributed by atoms with Gasteiger partial charge in [-0.15, -0.1) is 11.3 Å². The van der Waals surface area contributed by atoms with E-state index < -0.39 is 35.8 Å². The molecule has 0 saturated heterocycles. The third-order valence-electron chi connectivity index (χ3n) is 21.7. The van der Waals surface area contributed by atoms with Crippen LogP contribution in [0.2, 0.25) is 5.02 Å². The molecular formula is C109H83ClN12O16S. The zero-order valence-electron chi connectivity index (χ0n) is 74.7. The average molecular weight is 1880 g/mol. The quantitative estimate of drug-likeness (QED) is 0.0389. The maximum atomic E-state index is 11.1. The number of rotatable bonds is 21. The topological polar surface area (TPSA) is 379 Å². The second-order valence-electron chi connectivity index (χ2n) is 31.2. The highest BCUT2D eigenvalue weighted by Crippen LogP contribution is 2.35. The van der Waals surface area contributed by atoms with Crippen molar-refractivity contribution < 1.29 is 77.4 Å². The highest BCUT2D eigenvalue weighted by molar-refractivity contribution is 7.15. The number of carbonyl (C=O) groups is 6. The molecule has 139 heavy (non-hydrogen) atoms. The van der Waals surface area contributed by atoms with Gasteiger partial charge in [-0.05, 0) is 311 Å². The lowest BCUT2D eigenvalue weighted by molar-refractivity contribution is 0.0686. The van der Waals surface area contributed by atoms with Gasteiger partial charge in [-0.3, -0.25) is 0 Å². The lowest BCUT2D eigenvalue weighted by Crippen LogP contribution is -2.00. The molecule has 10 aromatic heterocycles. The standard InChI is InChI=1S/C22H16N2O2.C21H15ClN2O3.C18H12N2O3.C18H16N2O3.C15H12N2O3.C15H12N2O2S/c25-22(26)19-10-12-20(13-11-19)24-15-14-21(23-24)18-8-6-17(7-9-18)16-4-2-1-3-5-16;1-13-12-15(4-7-17(13)22)19-8-9-20(27-19)18-10-11-24(23-18)16-5-2-14(3-6-16)21(25)26;21-18(22)12-5-7-14(8-6-12)20-10-9-15(19-20)17-11-13-3-1-2-4-16(13)23-17;1-12-11-20(15-5-3-4-14(10-15)18(21)22)19-17(12)13-6-8-16(23-2)9-7-13;2*1-10-2-7-14(20-10)13-8-9-17(16-13)12-5-3-11(4-6-12)15(18)19/h1-15H,(H,25,26);2-12H,1H3,(H,25,26);1-11H,(H,21,22);3-11H,1-2H3,(H,21,22);2*2-9H,1H3,(H,18,19). The Balaban J connectivity index is 0.000000121. The van der Waals surface area contributed by atoms with E-state index in [2.05, 4.69) is 86.0 Å². The molecule has 0 radical (unpaired) electrons. The summed E-state index contributed by atoms with van der Waals surface area (Å²) in [5.74, 6) is -1.22. The summed E-state index contributed by atoms with van der Waals surface area (Å²) in [4.78, 5) is 67.9. The summed E-state index contributed by atoms with van der Waals surface area (Å²) < 4.78 is 32.7. The normalized spacial score (nSPS) is 10.7. The van der Waals surface area contributed by atoms with Gasteiger partial charge in [0.1, 0.15) is 45.6 Å². The number of halogens is 1. The van der Waals surface area contributed by atoms with E-state index in [0.717, 1.165) is 128 Å². The molecule has 28 nitrogen and oxygen atoms in total. The summed E-state index contributed by atoms with van der Waals surface area (Å²) in [5, 5.41) is 82.6. The first-order valence-electron chi connectivity index (χ1n) is 42.9. The van der Waals surface area contributed by atoms with Crippen LogP contribution >= 0.6 is 22.9 Å². The molecule has 21 rings (SSSR count). The summed E-state index contributed by atoms with van der Waals surface area (Å²) >= 11 is 7.78. The van der Waals surface area contributed by atoms with Gasteiger partial charge in [0.25, 0.3) is 0 Å². The number of fused-ring (bicyclic) bond motifs is 1. The van der Waals surface area contributed by atoms with Crippen LogP contribution in [-0.2, 0) is 0 Å². The molecule has 0 aliphatic carbocycles. The Hall–Kier alpha value is -18.6. The Morgan fingerprint density at radius 1 is 0.302 bits per heavy atom. The number of carboxylic acids is 6. The first kappa shape index (κ1) is 93.6. The summed E-state index contributed by atoms with van der Waals surface area (Å²) in [7, 11) is 1.63. The van der Waals surface area contributed by atoms with Gasteiger partial charge in [0.2, 0.25) is 0 Å². The van der Waals surface area contributed by atoms with Crippen LogP contribution in [0.25, 0.3) is 135 Å². The fourth-order valence-electron chi connectivity index (χ4n) is 14.4. The van der Waals surface area contributed by atoms with Crippen LogP contribution in [0.4, 0.5) is 0 Å². The van der Waals surface area contributed by atoms with Gasteiger partial charge in [0.05, 0.1) is 90.9 Å². The van der Waals surface area contributed by atoms with E-state index in [0.29, 0.717) is 28.7 Å². The molecule has 6 N–H and O–H groups in total. The molecule has 0 unspecified atom stereocenters. The largest absolute Gasteiger partial charge is 0.497 e. The maximum Gasteiger partial charge on any atom is 0.335 e. The number of thiophene rings is 1. The van der Waals surface area contributed by atoms with E-state index in [-0.39, 0.29) is 33.4 Å². The summed E-state index contributed by atoms with van der Waals surface area (Å²) in [6.07, 6.45) is 11.1. The lowest BCUT2D eigenvalue weighted by Gasteiger charge is -2.04. The van der Waals surface area contributed by atoms with Crippen molar-refractivity contribution >= 4 is 69.7 Å². The van der Waals surface area contributed by atoms with Gasteiger partial charge in [-0.1, -0.05) is 90.5 Å². The van der Waals surface area contributed by atoms with Crippen molar-refractivity contribution in [3.05, 3.63) is 437 Å². The number of aromatic carboxylic acids is 6. The number of aryl methyl sites for hydroxylation is 4. The minimum absolute atomic E-state index is 0.236. The van der Waals surface area contributed by atoms with E-state index in [4.69, 9.17) is 60.2 Å². The van der Waals surface area contributed by atoms with Crippen LogP contribution in [0.5, 0.6) is 5.75 Å². The van der Waals surface area contributed by atoms with Gasteiger partial charge >= 0.3 is 35.8 Å². The molecule has 0 bridgehead atoms. The van der Waals surface area contributed by atoms with Crippen LogP contribution in [0.1, 0.15) is 83.9 Å². The van der Waals surface area contributed by atoms with E-state index in [9.17, 15) is 28.8 Å². The van der Waals surface area contributed by atoms with Crippen LogP contribution in [0, 0.1) is 27.7 Å². The molecule has 0 aliphatic heterocycles. The van der Waals surface area contributed by atoms with Crippen LogP contribution < -0.4 is 4.74 Å². The molecular weight excluding hydrogens is 1800 g/mol. The van der Waals surface area contributed by atoms with Crippen molar-refractivity contribution in [2.75, 3.05) is 7.11 Å². The summed E-state index contributed by atoms with van der Waals surface area (Å²) in [6, 6.07) is 102. The Bertz CT molecular complexity index is 7750. The number of hydrogen-bond acceptors (Lipinski definition) is 17. The highest BCUT2D eigenvalue weighted by Gasteiger charge is 2.19. The number of carboxylic acid groups (broad SMARTS) is 6. The first-order chi connectivity index (χ1) is 67.3. The van der Waals surface area contributed by atoms with Gasteiger partial charge in [0, 0.05) is 69.2 Å². The van der Waals surface area contributed by atoms with E-state index in [1.807, 2.05) is 203 Å². The van der Waals surface area contributed by atoms with Gasteiger partial charge in [-0.25, -0.2) is 56.9 Å². The molecule has 30 heteroatoms. The number of para-hydroxylation sites is 1.